The molecule has 0 radical (unpaired) electrons. The Morgan fingerprint density at radius 2 is 1.43 bits per heavy atom. The van der Waals surface area contributed by atoms with Crippen LogP contribution in [0.4, 0.5) is 11.4 Å². The van der Waals surface area contributed by atoms with E-state index in [0.717, 1.165) is 38.2 Å². The highest BCUT2D eigenvalue weighted by molar-refractivity contribution is 6.04. The molecule has 0 saturated carbocycles. The monoisotopic (exact) mass is 610 g/mol. The fourth-order valence-corrected chi connectivity index (χ4v) is 5.51. The van der Waals surface area contributed by atoms with Crippen LogP contribution in [-0.4, -0.2) is 52.4 Å². The van der Waals surface area contributed by atoms with Crippen molar-refractivity contribution in [2.75, 3.05) is 36.4 Å². The highest BCUT2D eigenvalue weighted by Crippen LogP contribution is 2.15. The molecule has 5 aromatic rings. The van der Waals surface area contributed by atoms with Crippen LogP contribution in [0.3, 0.4) is 0 Å². The van der Waals surface area contributed by atoms with Gasteiger partial charge < -0.3 is 19.8 Å². The number of amides is 1. The van der Waals surface area contributed by atoms with Crippen molar-refractivity contribution in [3.8, 4) is 0 Å². The van der Waals surface area contributed by atoms with Crippen molar-refractivity contribution in [1.82, 2.24) is 9.55 Å². The lowest BCUT2D eigenvalue weighted by atomic mass is 10.1. The molecule has 8 heteroatoms. The van der Waals surface area contributed by atoms with Crippen LogP contribution in [0.25, 0.3) is 12.2 Å². The quantitative estimate of drug-likeness (QED) is 0.277. The van der Waals surface area contributed by atoms with E-state index in [-0.39, 0.29) is 27.7 Å². The first-order chi connectivity index (χ1) is 22.4. The summed E-state index contributed by atoms with van der Waals surface area (Å²) in [6, 6.07) is 34.7. The molecule has 46 heavy (non-hydrogen) atoms. The number of carbonyl (C=O) groups excluding carboxylic acids is 1. The van der Waals surface area contributed by atoms with Gasteiger partial charge in [-0.2, -0.15) is 0 Å². The van der Waals surface area contributed by atoms with Crippen molar-refractivity contribution >= 4 is 35.6 Å². The summed E-state index contributed by atoms with van der Waals surface area (Å²) in [4.78, 5) is 43.8. The first kappa shape index (κ1) is 30.3. The van der Waals surface area contributed by atoms with Gasteiger partial charge in [-0.15, -0.1) is 0 Å². The maximum Gasteiger partial charge on any atom is 0.274 e. The second kappa shape index (κ2) is 13.9. The minimum Gasteiger partial charge on any atom is -0.359 e. The number of benzene rings is 4. The van der Waals surface area contributed by atoms with E-state index < -0.39 is 0 Å². The molecule has 2 N–H and O–H groups in total. The van der Waals surface area contributed by atoms with Crippen LogP contribution in [0, 0.1) is 0 Å². The van der Waals surface area contributed by atoms with E-state index in [1.54, 1.807) is 43.5 Å². The number of nitrogens with one attached hydrogen (secondary N) is 2. The first-order valence-electron chi connectivity index (χ1n) is 15.4. The zero-order valence-electron chi connectivity index (χ0n) is 25.7. The van der Waals surface area contributed by atoms with Crippen LogP contribution in [0.1, 0.15) is 27.0 Å². The van der Waals surface area contributed by atoms with E-state index in [2.05, 4.69) is 50.3 Å². The van der Waals surface area contributed by atoms with Crippen LogP contribution < -0.4 is 32.0 Å². The Labute approximate surface area is 266 Å². The molecule has 1 fully saturated rings. The number of anilines is 2. The van der Waals surface area contributed by atoms with E-state index in [0.29, 0.717) is 16.8 Å². The highest BCUT2D eigenvalue weighted by atomic mass is 16.2. The Morgan fingerprint density at radius 1 is 0.804 bits per heavy atom. The fourth-order valence-electron chi connectivity index (χ4n) is 5.51. The normalized spacial score (nSPS) is 13.9. The lowest BCUT2D eigenvalue weighted by Crippen LogP contribution is -2.52. The van der Waals surface area contributed by atoms with Gasteiger partial charge in [0.1, 0.15) is 16.9 Å². The van der Waals surface area contributed by atoms with Crippen molar-refractivity contribution in [2.45, 2.75) is 6.42 Å². The van der Waals surface area contributed by atoms with Crippen LogP contribution in [0.5, 0.6) is 0 Å². The van der Waals surface area contributed by atoms with Gasteiger partial charge in [0, 0.05) is 30.4 Å². The largest absolute Gasteiger partial charge is 0.359 e. The SMILES string of the molecule is Cn1c(=O)c(=Cc2ccc(C(=O)Nc3ccc(CC=[N+]4CCN(c5ccccc5)CC4)cc3)cc2)[nH]c(=O)c1=Cc1ccccc1. The standard InChI is InChI=1S/C38H35N5O3/c1-41-35(27-29-8-4-2-5-9-29)37(45)40-34(38(41)46)26-30-12-16-31(17-13-30)36(44)39-32-18-14-28(15-19-32)20-21-42-22-24-43(25-23-42)33-10-6-3-7-11-33/h2-19,21,26-27H,20,22-25H2,1H3,(H-,39,40,44,45)/p+1. The van der Waals surface area contributed by atoms with E-state index >= 15 is 0 Å². The molecule has 1 aliphatic heterocycles. The third-order valence-electron chi connectivity index (χ3n) is 8.20. The smallest absolute Gasteiger partial charge is 0.274 e. The zero-order valence-corrected chi connectivity index (χ0v) is 25.7. The molecular weight excluding hydrogens is 574 g/mol. The number of carbonyl (C=O) groups is 1. The molecule has 0 unspecified atom stereocenters. The Balaban J connectivity index is 1.06. The number of piperazine rings is 1. The minimum absolute atomic E-state index is 0.168. The summed E-state index contributed by atoms with van der Waals surface area (Å²) in [5.74, 6) is -0.229. The van der Waals surface area contributed by atoms with Crippen molar-refractivity contribution in [3.63, 3.8) is 0 Å². The number of aromatic amines is 1. The maximum absolute atomic E-state index is 13.0. The molecule has 6 rings (SSSR count). The summed E-state index contributed by atoms with van der Waals surface area (Å²) >= 11 is 0. The van der Waals surface area contributed by atoms with E-state index in [4.69, 9.17) is 0 Å². The molecule has 0 atom stereocenters. The van der Waals surface area contributed by atoms with Gasteiger partial charge in [-0.05, 0) is 65.2 Å². The number of H-pyrrole nitrogens is 1. The predicted octanol–water partition coefficient (Wildman–Crippen LogP) is 3.13. The molecular formula is C38H36N5O3+. The number of para-hydroxylation sites is 1. The summed E-state index contributed by atoms with van der Waals surface area (Å²) in [5.41, 5.74) is 4.48. The van der Waals surface area contributed by atoms with Gasteiger partial charge in [0.15, 0.2) is 13.1 Å². The first-order valence-corrected chi connectivity index (χ1v) is 15.4. The second-order valence-electron chi connectivity index (χ2n) is 11.3. The molecule has 0 spiro atoms. The number of hydrogen-bond donors (Lipinski definition) is 2. The summed E-state index contributed by atoms with van der Waals surface area (Å²) in [6.07, 6.45) is 6.38. The summed E-state index contributed by atoms with van der Waals surface area (Å²) in [5, 5.41) is 3.39. The molecule has 4 aromatic carbocycles. The number of aromatic nitrogens is 2. The lowest BCUT2D eigenvalue weighted by Gasteiger charge is -2.27. The average Bonchev–Trinajstić information content (AvgIpc) is 3.10. The summed E-state index contributed by atoms with van der Waals surface area (Å²) in [6.45, 7) is 4.00. The average molecular weight is 611 g/mol. The zero-order chi connectivity index (χ0) is 31.9. The van der Waals surface area contributed by atoms with Gasteiger partial charge in [-0.3, -0.25) is 14.4 Å². The highest BCUT2D eigenvalue weighted by Gasteiger charge is 2.18. The number of hydrogen-bond acceptors (Lipinski definition) is 4. The van der Waals surface area contributed by atoms with Gasteiger partial charge in [-0.1, -0.05) is 72.8 Å². The third-order valence-corrected chi connectivity index (χ3v) is 8.20. The fraction of sp³-hybridized carbons (Fsp3) is 0.158. The molecule has 1 aliphatic rings. The molecule has 0 bridgehead atoms. The molecule has 1 amide bonds. The Kier molecular flexibility index (Phi) is 9.15. The maximum atomic E-state index is 13.0. The summed E-state index contributed by atoms with van der Waals surface area (Å²) < 4.78 is 3.72. The van der Waals surface area contributed by atoms with Gasteiger partial charge >= 0.3 is 0 Å². The molecule has 1 saturated heterocycles. The van der Waals surface area contributed by atoms with E-state index in [1.165, 1.54) is 15.8 Å². The van der Waals surface area contributed by atoms with Gasteiger partial charge in [-0.25, -0.2) is 4.58 Å². The predicted molar refractivity (Wildman–Crippen MR) is 184 cm³/mol. The van der Waals surface area contributed by atoms with Crippen molar-refractivity contribution in [1.29, 1.82) is 0 Å². The number of nitrogens with zero attached hydrogens (tertiary/aromatic N) is 3. The van der Waals surface area contributed by atoms with E-state index in [1.807, 2.05) is 60.7 Å². The number of rotatable bonds is 7. The van der Waals surface area contributed by atoms with Gasteiger partial charge in [0.05, 0.1) is 13.1 Å². The van der Waals surface area contributed by atoms with Crippen molar-refractivity contribution in [2.24, 2.45) is 7.05 Å². The molecule has 230 valence electrons. The molecule has 0 aliphatic carbocycles. The lowest BCUT2D eigenvalue weighted by molar-refractivity contribution is -0.525. The molecule has 1 aromatic heterocycles. The van der Waals surface area contributed by atoms with Crippen LogP contribution >= 0.6 is 0 Å². The minimum atomic E-state index is -0.362. The van der Waals surface area contributed by atoms with Crippen LogP contribution in [0.2, 0.25) is 0 Å². The third kappa shape index (κ3) is 7.30. The molecule has 2 heterocycles. The Hall–Kier alpha value is -5.76. The van der Waals surface area contributed by atoms with Crippen LogP contribution in [0.15, 0.2) is 119 Å². The Bertz CT molecular complexity index is 2090. The molecule has 8 nitrogen and oxygen atoms in total. The second-order valence-corrected chi connectivity index (χ2v) is 11.3. The topological polar surface area (TPSA) is 90.2 Å². The van der Waals surface area contributed by atoms with Crippen LogP contribution in [-0.2, 0) is 13.5 Å². The van der Waals surface area contributed by atoms with Crippen molar-refractivity contribution in [3.05, 3.63) is 163 Å². The van der Waals surface area contributed by atoms with Gasteiger partial charge in [0.25, 0.3) is 17.0 Å². The van der Waals surface area contributed by atoms with E-state index in [9.17, 15) is 14.4 Å². The van der Waals surface area contributed by atoms with Crippen molar-refractivity contribution < 1.29 is 9.37 Å². The summed E-state index contributed by atoms with van der Waals surface area (Å²) in [7, 11) is 1.58. The Morgan fingerprint density at radius 3 is 2.11 bits per heavy atom. The van der Waals surface area contributed by atoms with Gasteiger partial charge in [0.2, 0.25) is 0 Å².